The second-order valence-electron chi connectivity index (χ2n) is 3.99. The smallest absolute Gasteiger partial charge is 0.323 e. The second kappa shape index (κ2) is 6.79. The van der Waals surface area contributed by atoms with Gasteiger partial charge in [0.05, 0.1) is 8.48 Å². The third-order valence-corrected chi connectivity index (χ3v) is 5.33. The van der Waals surface area contributed by atoms with Gasteiger partial charge in [0.15, 0.2) is 0 Å². The van der Waals surface area contributed by atoms with Gasteiger partial charge in [0.25, 0.3) is 5.91 Å². The fraction of sp³-hybridized carbons (Fsp3) is 0.0833. The number of aliphatic carboxylic acids is 1. The Labute approximate surface area is 157 Å². The number of thiocarbonyl (C=S) groups is 1. The van der Waals surface area contributed by atoms with Crippen molar-refractivity contribution in [3.63, 3.8) is 0 Å². The van der Waals surface area contributed by atoms with Crippen LogP contribution in [0.1, 0.15) is 5.56 Å². The van der Waals surface area contributed by atoms with Gasteiger partial charge in [0, 0.05) is 9.13 Å². The Bertz CT molecular complexity index is 690. The highest BCUT2D eigenvalue weighted by atomic mass is 127. The highest BCUT2D eigenvalue weighted by molar-refractivity contribution is 14.1. The lowest BCUT2D eigenvalue weighted by atomic mass is 10.2. The lowest BCUT2D eigenvalue weighted by Crippen LogP contribution is -2.33. The van der Waals surface area contributed by atoms with Crippen molar-refractivity contribution in [1.29, 1.82) is 0 Å². The van der Waals surface area contributed by atoms with Gasteiger partial charge in [-0.25, -0.2) is 0 Å². The molecule has 0 aliphatic carbocycles. The number of carboxylic acid groups (broad SMARTS) is 1. The largest absolute Gasteiger partial charge is 0.506 e. The van der Waals surface area contributed by atoms with Crippen LogP contribution in [-0.4, -0.2) is 37.9 Å². The Balaban J connectivity index is 2.37. The maximum atomic E-state index is 12.1. The van der Waals surface area contributed by atoms with E-state index in [0.717, 1.165) is 20.2 Å². The van der Waals surface area contributed by atoms with E-state index in [1.807, 2.05) is 28.7 Å². The molecule has 9 heteroatoms. The first-order chi connectivity index (χ1) is 9.79. The minimum atomic E-state index is -1.13. The molecule has 0 aromatic heterocycles. The van der Waals surface area contributed by atoms with E-state index in [2.05, 4.69) is 22.6 Å². The monoisotopic (exact) mass is 547 g/mol. The molecule has 1 heterocycles. The van der Waals surface area contributed by atoms with Gasteiger partial charge in [-0.2, -0.15) is 0 Å². The predicted octanol–water partition coefficient (Wildman–Crippen LogP) is 2.89. The van der Waals surface area contributed by atoms with E-state index in [1.165, 1.54) is 6.08 Å². The number of hydrogen-bond acceptors (Lipinski definition) is 5. The molecule has 0 spiro atoms. The number of aromatic hydroxyl groups is 1. The molecule has 5 nitrogen and oxygen atoms in total. The number of amides is 1. The number of halogens is 2. The molecular formula is C12H7I2NO4S2. The Morgan fingerprint density at radius 2 is 2.10 bits per heavy atom. The highest BCUT2D eigenvalue weighted by Crippen LogP contribution is 2.35. The summed E-state index contributed by atoms with van der Waals surface area (Å²) in [6.07, 6.45) is 1.53. The van der Waals surface area contributed by atoms with Crippen molar-refractivity contribution in [2.24, 2.45) is 0 Å². The van der Waals surface area contributed by atoms with Crippen molar-refractivity contribution in [1.82, 2.24) is 4.90 Å². The number of carbonyl (C=O) groups is 2. The Morgan fingerprint density at radius 3 is 2.71 bits per heavy atom. The summed E-state index contributed by atoms with van der Waals surface area (Å²) >= 11 is 10.2. The lowest BCUT2D eigenvalue weighted by Gasteiger charge is -2.10. The number of rotatable bonds is 3. The van der Waals surface area contributed by atoms with E-state index < -0.39 is 18.4 Å². The van der Waals surface area contributed by atoms with Gasteiger partial charge in [-0.15, -0.1) is 0 Å². The summed E-state index contributed by atoms with van der Waals surface area (Å²) in [5.41, 5.74) is 0.502. The number of hydrogen-bond donors (Lipinski definition) is 2. The summed E-state index contributed by atoms with van der Waals surface area (Å²) in [6, 6.07) is 3.55. The Morgan fingerprint density at radius 1 is 1.43 bits per heavy atom. The van der Waals surface area contributed by atoms with Gasteiger partial charge >= 0.3 is 5.97 Å². The number of phenols is 1. The van der Waals surface area contributed by atoms with Crippen LogP contribution in [0.15, 0.2) is 17.0 Å². The van der Waals surface area contributed by atoms with E-state index in [1.54, 1.807) is 6.07 Å². The first-order valence-electron chi connectivity index (χ1n) is 5.44. The van der Waals surface area contributed by atoms with E-state index in [0.29, 0.717) is 14.0 Å². The minimum absolute atomic E-state index is 0.0829. The number of phenolic OH excluding ortho intramolecular Hbond substituents is 1. The molecule has 21 heavy (non-hydrogen) atoms. The molecule has 0 saturated carbocycles. The zero-order valence-electron chi connectivity index (χ0n) is 10.2. The number of thioether (sulfide) groups is 1. The third-order valence-electron chi connectivity index (χ3n) is 2.51. The normalized spacial score (nSPS) is 16.9. The fourth-order valence-electron chi connectivity index (χ4n) is 1.61. The van der Waals surface area contributed by atoms with Crippen LogP contribution < -0.4 is 0 Å². The molecule has 1 aliphatic rings. The van der Waals surface area contributed by atoms with E-state index in [4.69, 9.17) is 17.3 Å². The molecule has 1 saturated heterocycles. The van der Waals surface area contributed by atoms with Crippen molar-refractivity contribution >= 4 is 91.4 Å². The SMILES string of the molecule is O=C(O)CN1C(=O)/C(=C\c2cc(I)cc(I)c2O)SC1=S. The first-order valence-corrected chi connectivity index (χ1v) is 8.83. The molecule has 0 radical (unpaired) electrons. The summed E-state index contributed by atoms with van der Waals surface area (Å²) in [7, 11) is 0. The van der Waals surface area contributed by atoms with Crippen molar-refractivity contribution in [3.8, 4) is 5.75 Å². The average Bonchev–Trinajstić information content (AvgIpc) is 2.63. The molecule has 2 N–H and O–H groups in total. The molecule has 0 atom stereocenters. The van der Waals surface area contributed by atoms with Gasteiger partial charge in [-0.05, 0) is 63.4 Å². The van der Waals surface area contributed by atoms with Crippen LogP contribution >= 0.6 is 69.2 Å². The lowest BCUT2D eigenvalue weighted by molar-refractivity contribution is -0.140. The second-order valence-corrected chi connectivity index (χ2v) is 8.07. The van der Waals surface area contributed by atoms with Crippen molar-refractivity contribution in [3.05, 3.63) is 29.7 Å². The molecule has 1 aromatic rings. The topological polar surface area (TPSA) is 77.8 Å². The Hall–Kier alpha value is -0.400. The van der Waals surface area contributed by atoms with Crippen LogP contribution in [0, 0.1) is 7.14 Å². The summed E-state index contributed by atoms with van der Waals surface area (Å²) in [6.45, 7) is -0.460. The van der Waals surface area contributed by atoms with Crippen molar-refractivity contribution in [2.75, 3.05) is 6.54 Å². The molecule has 1 aromatic carbocycles. The van der Waals surface area contributed by atoms with Crippen LogP contribution in [0.4, 0.5) is 0 Å². The van der Waals surface area contributed by atoms with Crippen molar-refractivity contribution in [2.45, 2.75) is 0 Å². The maximum Gasteiger partial charge on any atom is 0.323 e. The van der Waals surface area contributed by atoms with E-state index in [-0.39, 0.29) is 10.1 Å². The zero-order valence-corrected chi connectivity index (χ0v) is 16.1. The first kappa shape index (κ1) is 17.0. The van der Waals surface area contributed by atoms with Gasteiger partial charge < -0.3 is 10.2 Å². The molecular weight excluding hydrogens is 540 g/mol. The van der Waals surface area contributed by atoms with Crippen LogP contribution in [-0.2, 0) is 9.59 Å². The third kappa shape index (κ3) is 3.87. The maximum absolute atomic E-state index is 12.1. The molecule has 0 unspecified atom stereocenters. The number of nitrogens with zero attached hydrogens (tertiary/aromatic N) is 1. The Kier molecular flexibility index (Phi) is 5.48. The predicted molar refractivity (Wildman–Crippen MR) is 101 cm³/mol. The van der Waals surface area contributed by atoms with Crippen LogP contribution in [0.25, 0.3) is 6.08 Å². The number of carbonyl (C=O) groups excluding carboxylic acids is 1. The van der Waals surface area contributed by atoms with Gasteiger partial charge in [0.1, 0.15) is 16.6 Å². The molecule has 1 amide bonds. The quantitative estimate of drug-likeness (QED) is 0.345. The van der Waals surface area contributed by atoms with Gasteiger partial charge in [-0.3, -0.25) is 14.5 Å². The van der Waals surface area contributed by atoms with Crippen LogP contribution in [0.5, 0.6) is 5.75 Å². The van der Waals surface area contributed by atoms with E-state index in [9.17, 15) is 14.7 Å². The number of carboxylic acids is 1. The minimum Gasteiger partial charge on any atom is -0.506 e. The molecule has 1 aliphatic heterocycles. The van der Waals surface area contributed by atoms with Crippen LogP contribution in [0.2, 0.25) is 0 Å². The van der Waals surface area contributed by atoms with Crippen LogP contribution in [0.3, 0.4) is 0 Å². The average molecular weight is 547 g/mol. The zero-order chi connectivity index (χ0) is 15.7. The summed E-state index contributed by atoms with van der Waals surface area (Å²) in [4.78, 5) is 24.2. The molecule has 0 bridgehead atoms. The van der Waals surface area contributed by atoms with Gasteiger partial charge in [-0.1, -0.05) is 24.0 Å². The molecule has 110 valence electrons. The fourth-order valence-corrected chi connectivity index (χ4v) is 4.74. The standard InChI is InChI=1S/C12H7I2NO4S2/c13-6-1-5(10(18)7(14)3-6)2-8-11(19)15(4-9(16)17)12(20)21-8/h1-3,18H,4H2,(H,16,17)/b8-2+. The highest BCUT2D eigenvalue weighted by Gasteiger charge is 2.33. The number of benzene rings is 1. The van der Waals surface area contributed by atoms with Gasteiger partial charge in [0.2, 0.25) is 0 Å². The summed E-state index contributed by atoms with van der Waals surface area (Å²) < 4.78 is 1.79. The van der Waals surface area contributed by atoms with E-state index >= 15 is 0 Å². The van der Waals surface area contributed by atoms with Crippen molar-refractivity contribution < 1.29 is 19.8 Å². The molecule has 2 rings (SSSR count). The summed E-state index contributed by atoms with van der Waals surface area (Å²) in [5.74, 6) is -1.50. The summed E-state index contributed by atoms with van der Waals surface area (Å²) in [5, 5.41) is 18.8. The molecule has 1 fully saturated rings.